The molecular formula is C12H30O2Si2. The Hall–Kier alpha value is 0.354. The molecule has 4 heteroatoms. The molecule has 0 saturated heterocycles. The zero-order chi connectivity index (χ0) is 12.8. The van der Waals surface area contributed by atoms with E-state index in [1.165, 1.54) is 12.8 Å². The highest BCUT2D eigenvalue weighted by molar-refractivity contribution is 6.77. The molecule has 0 amide bonds. The number of hydrogen-bond donors (Lipinski definition) is 0. The number of methoxy groups -OCH3 is 1. The summed E-state index contributed by atoms with van der Waals surface area (Å²) in [6, 6.07) is 0. The average Bonchev–Trinajstić information content (AvgIpc) is 2.07. The van der Waals surface area contributed by atoms with Crippen LogP contribution in [0.5, 0.6) is 0 Å². The second kappa shape index (κ2) is 6.94. The van der Waals surface area contributed by atoms with Crippen LogP contribution in [0.15, 0.2) is 0 Å². The van der Waals surface area contributed by atoms with Gasteiger partial charge in [0.2, 0.25) is 0 Å². The van der Waals surface area contributed by atoms with E-state index in [-0.39, 0.29) is 0 Å². The summed E-state index contributed by atoms with van der Waals surface area (Å²) >= 11 is 0. The molecule has 0 aliphatic heterocycles. The summed E-state index contributed by atoms with van der Waals surface area (Å²) in [4.78, 5) is 0. The van der Waals surface area contributed by atoms with Gasteiger partial charge in [-0.3, -0.25) is 0 Å². The maximum atomic E-state index is 6.08. The SMILES string of the molecule is COCCCC(CO[Si](C)(C)C)[Si](C)(C)C. The number of hydrogen-bond acceptors (Lipinski definition) is 2. The summed E-state index contributed by atoms with van der Waals surface area (Å²) in [7, 11) is -0.670. The molecule has 2 nitrogen and oxygen atoms in total. The molecule has 0 spiro atoms. The van der Waals surface area contributed by atoms with Crippen molar-refractivity contribution in [2.45, 2.75) is 57.7 Å². The fourth-order valence-electron chi connectivity index (χ4n) is 1.59. The minimum Gasteiger partial charge on any atom is -0.418 e. The van der Waals surface area contributed by atoms with E-state index in [0.29, 0.717) is 0 Å². The Morgan fingerprint density at radius 3 is 1.94 bits per heavy atom. The average molecular weight is 263 g/mol. The van der Waals surface area contributed by atoms with Crippen molar-refractivity contribution in [2.24, 2.45) is 0 Å². The van der Waals surface area contributed by atoms with Crippen LogP contribution in [0.1, 0.15) is 12.8 Å². The van der Waals surface area contributed by atoms with Gasteiger partial charge in [0, 0.05) is 28.4 Å². The normalized spacial score (nSPS) is 15.2. The number of rotatable bonds is 8. The Kier molecular flexibility index (Phi) is 7.09. The Balaban J connectivity index is 4.12. The van der Waals surface area contributed by atoms with Crippen LogP contribution in [0.2, 0.25) is 44.8 Å². The van der Waals surface area contributed by atoms with E-state index >= 15 is 0 Å². The highest BCUT2D eigenvalue weighted by atomic mass is 28.4. The summed E-state index contributed by atoms with van der Waals surface area (Å²) in [5.41, 5.74) is 0.773. The predicted molar refractivity (Wildman–Crippen MR) is 77.5 cm³/mol. The summed E-state index contributed by atoms with van der Waals surface area (Å²) in [5, 5.41) is 0. The van der Waals surface area contributed by atoms with Gasteiger partial charge in [0.25, 0.3) is 0 Å². The van der Waals surface area contributed by atoms with Crippen molar-refractivity contribution in [3.8, 4) is 0 Å². The summed E-state index contributed by atoms with van der Waals surface area (Å²) in [6.45, 7) is 16.0. The van der Waals surface area contributed by atoms with Crippen LogP contribution in [-0.2, 0) is 9.16 Å². The van der Waals surface area contributed by atoms with E-state index < -0.39 is 16.4 Å². The van der Waals surface area contributed by atoms with Crippen molar-refractivity contribution in [1.29, 1.82) is 0 Å². The Bertz CT molecular complexity index is 182. The third-order valence-corrected chi connectivity index (χ3v) is 6.78. The van der Waals surface area contributed by atoms with Crippen LogP contribution in [0.3, 0.4) is 0 Å². The molecule has 1 unspecified atom stereocenters. The van der Waals surface area contributed by atoms with Crippen molar-refractivity contribution in [1.82, 2.24) is 0 Å². The second-order valence-corrected chi connectivity index (χ2v) is 16.7. The first kappa shape index (κ1) is 16.4. The zero-order valence-corrected chi connectivity index (χ0v) is 14.2. The van der Waals surface area contributed by atoms with E-state index in [9.17, 15) is 0 Å². The number of ether oxygens (including phenoxy) is 1. The fourth-order valence-corrected chi connectivity index (χ4v) is 4.11. The topological polar surface area (TPSA) is 18.5 Å². The van der Waals surface area contributed by atoms with Gasteiger partial charge in [-0.25, -0.2) is 0 Å². The molecule has 0 bridgehead atoms. The molecule has 0 aromatic carbocycles. The Morgan fingerprint density at radius 1 is 1.00 bits per heavy atom. The molecule has 0 radical (unpaired) electrons. The van der Waals surface area contributed by atoms with Gasteiger partial charge in [-0.15, -0.1) is 0 Å². The lowest BCUT2D eigenvalue weighted by Gasteiger charge is -2.31. The van der Waals surface area contributed by atoms with Gasteiger partial charge >= 0.3 is 0 Å². The van der Waals surface area contributed by atoms with Crippen LogP contribution in [0.4, 0.5) is 0 Å². The minimum absolute atomic E-state index is 0.773. The molecule has 0 fully saturated rings. The van der Waals surface area contributed by atoms with Crippen LogP contribution < -0.4 is 0 Å². The van der Waals surface area contributed by atoms with Crippen molar-refractivity contribution >= 4 is 16.4 Å². The maximum Gasteiger partial charge on any atom is 0.183 e. The van der Waals surface area contributed by atoms with E-state index in [1.807, 2.05) is 0 Å². The fraction of sp³-hybridized carbons (Fsp3) is 1.00. The second-order valence-electron chi connectivity index (χ2n) is 6.62. The van der Waals surface area contributed by atoms with Gasteiger partial charge < -0.3 is 9.16 Å². The minimum atomic E-state index is -1.36. The standard InChI is InChI=1S/C12H30O2Si2/c1-13-10-8-9-12(15(2,3)4)11-14-16(5,6)7/h12H,8-11H2,1-7H3. The van der Waals surface area contributed by atoms with Gasteiger partial charge in [0.1, 0.15) is 0 Å². The van der Waals surface area contributed by atoms with Gasteiger partial charge in [0.05, 0.1) is 0 Å². The monoisotopic (exact) mass is 262 g/mol. The lowest BCUT2D eigenvalue weighted by Crippen LogP contribution is -2.36. The van der Waals surface area contributed by atoms with Crippen molar-refractivity contribution in [3.63, 3.8) is 0 Å². The quantitative estimate of drug-likeness (QED) is 0.487. The van der Waals surface area contributed by atoms with Crippen LogP contribution >= 0.6 is 0 Å². The molecule has 1 atom stereocenters. The Morgan fingerprint density at radius 2 is 1.56 bits per heavy atom. The molecule has 0 heterocycles. The molecule has 0 aromatic rings. The first-order valence-corrected chi connectivity index (χ1v) is 13.3. The highest BCUT2D eigenvalue weighted by Gasteiger charge is 2.28. The molecular weight excluding hydrogens is 232 g/mol. The third kappa shape index (κ3) is 8.50. The van der Waals surface area contributed by atoms with Gasteiger partial charge in [-0.05, 0) is 38.0 Å². The molecule has 0 aliphatic rings. The van der Waals surface area contributed by atoms with Crippen LogP contribution in [-0.4, -0.2) is 36.7 Å². The smallest absolute Gasteiger partial charge is 0.183 e. The van der Waals surface area contributed by atoms with E-state index in [4.69, 9.17) is 9.16 Å². The van der Waals surface area contributed by atoms with Gasteiger partial charge in [-0.2, -0.15) is 0 Å². The summed E-state index contributed by atoms with van der Waals surface area (Å²) < 4.78 is 11.2. The lowest BCUT2D eigenvalue weighted by atomic mass is 10.2. The molecule has 0 N–H and O–H groups in total. The van der Waals surface area contributed by atoms with Crippen LogP contribution in [0, 0.1) is 0 Å². The molecule has 0 aromatic heterocycles. The highest BCUT2D eigenvalue weighted by Crippen LogP contribution is 2.28. The lowest BCUT2D eigenvalue weighted by molar-refractivity contribution is 0.188. The van der Waals surface area contributed by atoms with E-state index in [1.54, 1.807) is 7.11 Å². The Labute approximate surface area is 104 Å². The van der Waals surface area contributed by atoms with Crippen molar-refractivity contribution in [2.75, 3.05) is 20.3 Å². The molecule has 0 saturated carbocycles. The predicted octanol–water partition coefficient (Wildman–Crippen LogP) is 3.97. The van der Waals surface area contributed by atoms with E-state index in [0.717, 1.165) is 18.8 Å². The molecule has 0 rings (SSSR count). The zero-order valence-electron chi connectivity index (χ0n) is 12.2. The van der Waals surface area contributed by atoms with Crippen molar-refractivity contribution < 1.29 is 9.16 Å². The third-order valence-electron chi connectivity index (χ3n) is 2.84. The van der Waals surface area contributed by atoms with Gasteiger partial charge in [-0.1, -0.05) is 19.6 Å². The first-order chi connectivity index (χ1) is 7.17. The first-order valence-electron chi connectivity index (χ1n) is 6.29. The molecule has 0 aliphatic carbocycles. The maximum absolute atomic E-state index is 6.08. The summed E-state index contributed by atoms with van der Waals surface area (Å²) in [6.07, 6.45) is 2.43. The molecule has 98 valence electrons. The van der Waals surface area contributed by atoms with Gasteiger partial charge in [0.15, 0.2) is 8.32 Å². The largest absolute Gasteiger partial charge is 0.418 e. The van der Waals surface area contributed by atoms with Crippen molar-refractivity contribution in [3.05, 3.63) is 0 Å². The van der Waals surface area contributed by atoms with E-state index in [2.05, 4.69) is 39.3 Å². The molecule has 16 heavy (non-hydrogen) atoms. The summed E-state index contributed by atoms with van der Waals surface area (Å²) in [5.74, 6) is 0. The van der Waals surface area contributed by atoms with Crippen LogP contribution in [0.25, 0.3) is 0 Å².